The summed E-state index contributed by atoms with van der Waals surface area (Å²) in [6.45, 7) is 1.10. The first-order chi connectivity index (χ1) is 14.1. The molecule has 166 valence electrons. The number of alkyl halides is 3. The van der Waals surface area contributed by atoms with Gasteiger partial charge >= 0.3 is 6.18 Å². The number of anilines is 1. The number of benzene rings is 1. The number of amides is 2. The molecule has 2 fully saturated rings. The van der Waals surface area contributed by atoms with Crippen LogP contribution in [0.15, 0.2) is 18.2 Å². The second kappa shape index (κ2) is 9.56. The van der Waals surface area contributed by atoms with E-state index in [-0.39, 0.29) is 40.9 Å². The summed E-state index contributed by atoms with van der Waals surface area (Å²) in [5, 5.41) is 2.32. The molecule has 3 N–H and O–H groups in total. The van der Waals surface area contributed by atoms with E-state index < -0.39 is 17.6 Å². The first kappa shape index (κ1) is 22.9. The number of hydrogen-bond acceptors (Lipinski definition) is 3. The average Bonchev–Trinajstić information content (AvgIpc) is 2.69. The van der Waals surface area contributed by atoms with E-state index in [9.17, 15) is 22.8 Å². The highest BCUT2D eigenvalue weighted by Gasteiger charge is 2.35. The number of piperidine rings is 1. The van der Waals surface area contributed by atoms with Gasteiger partial charge in [-0.25, -0.2) is 0 Å². The smallest absolute Gasteiger partial charge is 0.342 e. The van der Waals surface area contributed by atoms with Gasteiger partial charge in [-0.05, 0) is 49.8 Å². The molecule has 9 heteroatoms. The minimum absolute atomic E-state index is 0.0238. The van der Waals surface area contributed by atoms with Crippen LogP contribution in [0.1, 0.15) is 50.5 Å². The van der Waals surface area contributed by atoms with Gasteiger partial charge in [0.1, 0.15) is 0 Å². The summed E-state index contributed by atoms with van der Waals surface area (Å²) in [4.78, 5) is 26.9. The highest BCUT2D eigenvalue weighted by Crippen LogP contribution is 2.37. The van der Waals surface area contributed by atoms with Gasteiger partial charge in [0.25, 0.3) is 0 Å². The van der Waals surface area contributed by atoms with Gasteiger partial charge in [0.2, 0.25) is 11.8 Å². The maximum Gasteiger partial charge on any atom is 0.418 e. The van der Waals surface area contributed by atoms with Gasteiger partial charge in [-0.2, -0.15) is 13.2 Å². The second-order valence-electron chi connectivity index (χ2n) is 8.26. The van der Waals surface area contributed by atoms with Gasteiger partial charge in [0, 0.05) is 30.6 Å². The van der Waals surface area contributed by atoms with Crippen molar-refractivity contribution in [2.24, 2.45) is 17.6 Å². The van der Waals surface area contributed by atoms with Crippen LogP contribution in [0.3, 0.4) is 0 Å². The summed E-state index contributed by atoms with van der Waals surface area (Å²) in [5.41, 5.74) is 4.86. The fourth-order valence-electron chi connectivity index (χ4n) is 4.38. The Kier molecular flexibility index (Phi) is 7.29. The Morgan fingerprint density at radius 2 is 1.80 bits per heavy atom. The first-order valence-corrected chi connectivity index (χ1v) is 10.7. The molecule has 3 rings (SSSR count). The third kappa shape index (κ3) is 5.66. The predicted molar refractivity (Wildman–Crippen MR) is 109 cm³/mol. The molecule has 1 aromatic rings. The zero-order valence-electron chi connectivity index (χ0n) is 16.7. The maximum atomic E-state index is 13.2. The Hall–Kier alpha value is -1.80. The molecule has 1 aliphatic heterocycles. The fraction of sp³-hybridized carbons (Fsp3) is 0.619. The molecule has 1 aliphatic carbocycles. The number of carbonyl (C=O) groups is 2. The van der Waals surface area contributed by atoms with Crippen LogP contribution in [-0.4, -0.2) is 35.8 Å². The molecular formula is C21H27ClF3N3O2. The van der Waals surface area contributed by atoms with Gasteiger partial charge in [0.15, 0.2) is 0 Å². The van der Waals surface area contributed by atoms with Crippen LogP contribution in [0.25, 0.3) is 0 Å². The summed E-state index contributed by atoms with van der Waals surface area (Å²) in [6, 6.07) is 3.19. The maximum absolute atomic E-state index is 13.2. The van der Waals surface area contributed by atoms with Gasteiger partial charge in [-0.1, -0.05) is 24.4 Å². The van der Waals surface area contributed by atoms with E-state index >= 15 is 0 Å². The topological polar surface area (TPSA) is 75.4 Å². The molecule has 1 heterocycles. The Morgan fingerprint density at radius 1 is 1.13 bits per heavy atom. The average molecular weight is 446 g/mol. The van der Waals surface area contributed by atoms with Crippen LogP contribution < -0.4 is 11.1 Å². The van der Waals surface area contributed by atoms with Crippen LogP contribution in [0, 0.1) is 11.8 Å². The Bertz CT molecular complexity index is 779. The summed E-state index contributed by atoms with van der Waals surface area (Å²) in [5.74, 6) is -0.469. The molecule has 0 aromatic heterocycles. The number of rotatable bonds is 4. The molecule has 30 heavy (non-hydrogen) atoms. The molecule has 0 radical (unpaired) electrons. The van der Waals surface area contributed by atoms with Crippen LogP contribution >= 0.6 is 11.6 Å². The normalized spacial score (nSPS) is 23.3. The number of nitrogens with one attached hydrogen (secondary N) is 1. The molecule has 0 bridgehead atoms. The van der Waals surface area contributed by atoms with E-state index in [0.29, 0.717) is 25.9 Å². The number of carbonyl (C=O) groups excluding carboxylic acids is 2. The summed E-state index contributed by atoms with van der Waals surface area (Å²) in [6.07, 6.45) is 0.575. The van der Waals surface area contributed by atoms with Gasteiger partial charge < -0.3 is 16.0 Å². The lowest BCUT2D eigenvalue weighted by atomic mass is 9.83. The van der Waals surface area contributed by atoms with E-state index in [1.165, 1.54) is 6.07 Å². The number of nitrogens with two attached hydrogens (primary N) is 1. The first-order valence-electron chi connectivity index (χ1n) is 10.4. The van der Waals surface area contributed by atoms with E-state index in [0.717, 1.165) is 37.8 Å². The zero-order valence-corrected chi connectivity index (χ0v) is 17.4. The van der Waals surface area contributed by atoms with E-state index in [1.807, 2.05) is 4.90 Å². The van der Waals surface area contributed by atoms with Crippen LogP contribution in [0.4, 0.5) is 18.9 Å². The summed E-state index contributed by atoms with van der Waals surface area (Å²) in [7, 11) is 0. The highest BCUT2D eigenvalue weighted by atomic mass is 35.5. The SMILES string of the molecule is NC1CCCCC1C(=O)N1CCC(CC(=O)Nc2ccc(Cl)cc2C(F)(F)F)CC1. The van der Waals surface area contributed by atoms with Crippen molar-refractivity contribution in [1.29, 1.82) is 0 Å². The summed E-state index contributed by atoms with van der Waals surface area (Å²) < 4.78 is 39.5. The van der Waals surface area contributed by atoms with Crippen LogP contribution in [-0.2, 0) is 15.8 Å². The van der Waals surface area contributed by atoms with Gasteiger partial charge in [-0.15, -0.1) is 0 Å². The third-order valence-corrected chi connectivity index (χ3v) is 6.33. The van der Waals surface area contributed by atoms with E-state index in [2.05, 4.69) is 5.32 Å². The van der Waals surface area contributed by atoms with Crippen molar-refractivity contribution in [2.75, 3.05) is 18.4 Å². The quantitative estimate of drug-likeness (QED) is 0.719. The standard InChI is InChI=1S/C21H27ClF3N3O2/c22-14-5-6-18(16(12-14)21(23,24)25)27-19(29)11-13-7-9-28(10-8-13)20(30)15-3-1-2-4-17(15)26/h5-6,12-13,15,17H,1-4,7-11,26H2,(H,27,29). The van der Waals surface area contributed by atoms with Crippen molar-refractivity contribution < 1.29 is 22.8 Å². The largest absolute Gasteiger partial charge is 0.418 e. The Morgan fingerprint density at radius 3 is 2.43 bits per heavy atom. The van der Waals surface area contributed by atoms with E-state index in [4.69, 9.17) is 17.3 Å². The fourth-order valence-corrected chi connectivity index (χ4v) is 4.55. The van der Waals surface area contributed by atoms with Crippen molar-refractivity contribution in [2.45, 2.75) is 57.2 Å². The molecule has 2 unspecified atom stereocenters. The molecule has 2 atom stereocenters. The lowest BCUT2D eigenvalue weighted by molar-refractivity contribution is -0.138. The molecule has 0 spiro atoms. The second-order valence-corrected chi connectivity index (χ2v) is 8.70. The Labute approximate surface area is 179 Å². The minimum atomic E-state index is -4.61. The molecule has 1 saturated heterocycles. The van der Waals surface area contributed by atoms with Gasteiger partial charge in [0.05, 0.1) is 17.2 Å². The van der Waals surface area contributed by atoms with Crippen molar-refractivity contribution in [3.8, 4) is 0 Å². The zero-order chi connectivity index (χ0) is 21.9. The molecule has 1 saturated carbocycles. The lowest BCUT2D eigenvalue weighted by Crippen LogP contribution is -2.48. The van der Waals surface area contributed by atoms with Crippen molar-refractivity contribution >= 4 is 29.1 Å². The molecule has 2 aliphatic rings. The van der Waals surface area contributed by atoms with Crippen LogP contribution in [0.5, 0.6) is 0 Å². The van der Waals surface area contributed by atoms with Gasteiger partial charge in [-0.3, -0.25) is 9.59 Å². The number of hydrogen-bond donors (Lipinski definition) is 2. The number of halogens is 4. The summed E-state index contributed by atoms with van der Waals surface area (Å²) >= 11 is 5.67. The molecular weight excluding hydrogens is 419 g/mol. The third-order valence-electron chi connectivity index (χ3n) is 6.10. The minimum Gasteiger partial charge on any atom is -0.342 e. The molecule has 5 nitrogen and oxygen atoms in total. The Balaban J connectivity index is 1.52. The lowest BCUT2D eigenvalue weighted by Gasteiger charge is -2.37. The monoisotopic (exact) mass is 445 g/mol. The van der Waals surface area contributed by atoms with Crippen molar-refractivity contribution in [3.05, 3.63) is 28.8 Å². The number of likely N-dealkylation sites (tertiary alicyclic amines) is 1. The van der Waals surface area contributed by atoms with E-state index in [1.54, 1.807) is 0 Å². The number of nitrogens with zero attached hydrogens (tertiary/aromatic N) is 1. The van der Waals surface area contributed by atoms with Crippen LogP contribution in [0.2, 0.25) is 5.02 Å². The molecule has 2 amide bonds. The molecule has 1 aromatic carbocycles. The highest BCUT2D eigenvalue weighted by molar-refractivity contribution is 6.30. The van der Waals surface area contributed by atoms with Crippen molar-refractivity contribution in [3.63, 3.8) is 0 Å². The predicted octanol–water partition coefficient (Wildman–Crippen LogP) is 4.44. The van der Waals surface area contributed by atoms with Crippen molar-refractivity contribution in [1.82, 2.24) is 4.90 Å².